The maximum atomic E-state index is 12.9. The van der Waals surface area contributed by atoms with Crippen molar-refractivity contribution in [2.24, 2.45) is 0 Å². The molecule has 0 aliphatic carbocycles. The molecule has 1 heterocycles. The van der Waals surface area contributed by atoms with Gasteiger partial charge in [-0.1, -0.05) is 12.1 Å². The normalized spacial score (nSPS) is 10.0. The number of benzene rings is 1. The van der Waals surface area contributed by atoms with E-state index in [4.69, 9.17) is 0 Å². The van der Waals surface area contributed by atoms with E-state index in [0.717, 1.165) is 5.56 Å². The zero-order valence-electron chi connectivity index (χ0n) is 10.5. The van der Waals surface area contributed by atoms with E-state index in [1.54, 1.807) is 24.4 Å². The van der Waals surface area contributed by atoms with Crippen LogP contribution in [0.3, 0.4) is 0 Å². The minimum atomic E-state index is -0.373. The highest BCUT2D eigenvalue weighted by molar-refractivity contribution is 5.88. The van der Waals surface area contributed by atoms with E-state index in [2.05, 4.69) is 15.6 Å². The summed E-state index contributed by atoms with van der Waals surface area (Å²) in [4.78, 5) is 15.6. The summed E-state index contributed by atoms with van der Waals surface area (Å²) in [5.41, 5.74) is 1.71. The molecule has 0 fully saturated rings. The SMILES string of the molecule is Cc1ccnc(NC(=O)NCc2cccc(F)c2)c1. The van der Waals surface area contributed by atoms with E-state index in [-0.39, 0.29) is 18.4 Å². The highest BCUT2D eigenvalue weighted by Crippen LogP contribution is 2.06. The summed E-state index contributed by atoms with van der Waals surface area (Å²) in [5, 5.41) is 5.25. The molecule has 1 aromatic carbocycles. The standard InChI is InChI=1S/C14H14FN3O/c1-10-5-6-16-13(7-10)18-14(19)17-9-11-3-2-4-12(15)8-11/h2-8H,9H2,1H3,(H2,16,17,18,19). The van der Waals surface area contributed by atoms with Crippen LogP contribution in [0, 0.1) is 12.7 Å². The Labute approximate surface area is 110 Å². The van der Waals surface area contributed by atoms with Crippen LogP contribution in [0.5, 0.6) is 0 Å². The number of amides is 2. The molecule has 0 radical (unpaired) electrons. The highest BCUT2D eigenvalue weighted by atomic mass is 19.1. The molecule has 19 heavy (non-hydrogen) atoms. The monoisotopic (exact) mass is 259 g/mol. The molecule has 98 valence electrons. The van der Waals surface area contributed by atoms with Crippen molar-refractivity contribution in [1.29, 1.82) is 0 Å². The summed E-state index contributed by atoms with van der Waals surface area (Å²) in [6.07, 6.45) is 1.62. The molecule has 0 unspecified atom stereocenters. The molecule has 0 atom stereocenters. The van der Waals surface area contributed by atoms with E-state index >= 15 is 0 Å². The fourth-order valence-corrected chi connectivity index (χ4v) is 1.59. The van der Waals surface area contributed by atoms with Crippen molar-refractivity contribution in [2.45, 2.75) is 13.5 Å². The number of hydrogen-bond acceptors (Lipinski definition) is 2. The van der Waals surface area contributed by atoms with Gasteiger partial charge < -0.3 is 5.32 Å². The van der Waals surface area contributed by atoms with E-state index in [1.165, 1.54) is 12.1 Å². The topological polar surface area (TPSA) is 54.0 Å². The van der Waals surface area contributed by atoms with Crippen LogP contribution in [-0.4, -0.2) is 11.0 Å². The third-order valence-corrected chi connectivity index (χ3v) is 2.50. The van der Waals surface area contributed by atoms with Gasteiger partial charge in [0, 0.05) is 12.7 Å². The number of aryl methyl sites for hydroxylation is 1. The van der Waals surface area contributed by atoms with Gasteiger partial charge in [-0.15, -0.1) is 0 Å². The van der Waals surface area contributed by atoms with Crippen LogP contribution in [0.1, 0.15) is 11.1 Å². The first-order valence-electron chi connectivity index (χ1n) is 5.85. The second-order valence-electron chi connectivity index (χ2n) is 4.16. The predicted molar refractivity (Wildman–Crippen MR) is 71.2 cm³/mol. The van der Waals surface area contributed by atoms with Crippen LogP contribution < -0.4 is 10.6 Å². The molecule has 2 rings (SSSR count). The first-order valence-corrected chi connectivity index (χ1v) is 5.85. The van der Waals surface area contributed by atoms with Crippen LogP contribution in [0.2, 0.25) is 0 Å². The Morgan fingerprint density at radius 1 is 1.32 bits per heavy atom. The summed E-state index contributed by atoms with van der Waals surface area (Å²) >= 11 is 0. The molecule has 1 aromatic heterocycles. The Bertz CT molecular complexity index is 586. The van der Waals surface area contributed by atoms with Crippen LogP contribution in [0.15, 0.2) is 42.6 Å². The Hall–Kier alpha value is -2.43. The maximum absolute atomic E-state index is 12.9. The summed E-state index contributed by atoms with van der Waals surface area (Å²) in [7, 11) is 0. The van der Waals surface area contributed by atoms with E-state index in [0.29, 0.717) is 11.4 Å². The van der Waals surface area contributed by atoms with Crippen LogP contribution in [0.4, 0.5) is 15.0 Å². The van der Waals surface area contributed by atoms with Gasteiger partial charge in [-0.25, -0.2) is 14.2 Å². The molecular formula is C14H14FN3O. The molecule has 0 saturated heterocycles. The van der Waals surface area contributed by atoms with Gasteiger partial charge in [0.15, 0.2) is 0 Å². The van der Waals surface area contributed by atoms with Crippen molar-refractivity contribution in [3.8, 4) is 0 Å². The van der Waals surface area contributed by atoms with Gasteiger partial charge >= 0.3 is 6.03 Å². The lowest BCUT2D eigenvalue weighted by Crippen LogP contribution is -2.28. The van der Waals surface area contributed by atoms with Crippen molar-refractivity contribution in [3.63, 3.8) is 0 Å². The number of aromatic nitrogens is 1. The summed E-state index contributed by atoms with van der Waals surface area (Å²) < 4.78 is 12.9. The highest BCUT2D eigenvalue weighted by Gasteiger charge is 2.03. The van der Waals surface area contributed by atoms with E-state index in [9.17, 15) is 9.18 Å². The Balaban J connectivity index is 1.88. The third kappa shape index (κ3) is 4.06. The van der Waals surface area contributed by atoms with Crippen LogP contribution >= 0.6 is 0 Å². The minimum Gasteiger partial charge on any atom is -0.334 e. The smallest absolute Gasteiger partial charge is 0.320 e. The molecule has 2 N–H and O–H groups in total. The van der Waals surface area contributed by atoms with E-state index in [1.807, 2.05) is 13.0 Å². The van der Waals surface area contributed by atoms with Crippen LogP contribution in [-0.2, 0) is 6.54 Å². The molecule has 2 aromatic rings. The predicted octanol–water partition coefficient (Wildman–Crippen LogP) is 2.85. The number of hydrogen-bond donors (Lipinski definition) is 2. The average Bonchev–Trinajstić information content (AvgIpc) is 2.36. The first kappa shape index (κ1) is 13.0. The summed E-state index contributed by atoms with van der Waals surface area (Å²) in [5.74, 6) is 0.164. The molecule has 0 aliphatic heterocycles. The van der Waals surface area contributed by atoms with Crippen molar-refractivity contribution in [2.75, 3.05) is 5.32 Å². The number of nitrogens with one attached hydrogen (secondary N) is 2. The number of rotatable bonds is 3. The molecule has 0 aliphatic rings. The Morgan fingerprint density at radius 3 is 2.89 bits per heavy atom. The van der Waals surface area contributed by atoms with Gasteiger partial charge in [-0.05, 0) is 42.3 Å². The number of carbonyl (C=O) groups excluding carboxylic acids is 1. The lowest BCUT2D eigenvalue weighted by atomic mass is 10.2. The molecule has 2 amide bonds. The zero-order valence-corrected chi connectivity index (χ0v) is 10.5. The first-order chi connectivity index (χ1) is 9.13. The third-order valence-electron chi connectivity index (χ3n) is 2.50. The van der Waals surface area contributed by atoms with Gasteiger partial charge in [0.25, 0.3) is 0 Å². The van der Waals surface area contributed by atoms with Crippen molar-refractivity contribution < 1.29 is 9.18 Å². The molecule has 0 spiro atoms. The number of pyridine rings is 1. The largest absolute Gasteiger partial charge is 0.334 e. The lowest BCUT2D eigenvalue weighted by molar-refractivity contribution is 0.251. The fraction of sp³-hybridized carbons (Fsp3) is 0.143. The average molecular weight is 259 g/mol. The van der Waals surface area contributed by atoms with Crippen molar-refractivity contribution in [1.82, 2.24) is 10.3 Å². The van der Waals surface area contributed by atoms with Gasteiger partial charge in [0.2, 0.25) is 0 Å². The number of halogens is 1. The fourth-order valence-electron chi connectivity index (χ4n) is 1.59. The van der Waals surface area contributed by atoms with Crippen molar-refractivity contribution in [3.05, 3.63) is 59.5 Å². The van der Waals surface area contributed by atoms with Gasteiger partial charge in [-0.2, -0.15) is 0 Å². The van der Waals surface area contributed by atoms with E-state index < -0.39 is 0 Å². The van der Waals surface area contributed by atoms with Gasteiger partial charge in [-0.3, -0.25) is 5.32 Å². The number of anilines is 1. The lowest BCUT2D eigenvalue weighted by Gasteiger charge is -2.07. The minimum absolute atomic E-state index is 0.259. The molecule has 4 nitrogen and oxygen atoms in total. The number of nitrogens with zero attached hydrogens (tertiary/aromatic N) is 1. The van der Waals surface area contributed by atoms with Crippen molar-refractivity contribution >= 4 is 11.8 Å². The van der Waals surface area contributed by atoms with Gasteiger partial charge in [0.1, 0.15) is 11.6 Å². The number of urea groups is 1. The zero-order chi connectivity index (χ0) is 13.7. The summed E-state index contributed by atoms with van der Waals surface area (Å²) in [6, 6.07) is 9.33. The molecule has 0 bridgehead atoms. The molecule has 5 heteroatoms. The van der Waals surface area contributed by atoms with Gasteiger partial charge in [0.05, 0.1) is 0 Å². The second kappa shape index (κ2) is 5.95. The Morgan fingerprint density at radius 2 is 2.16 bits per heavy atom. The van der Waals surface area contributed by atoms with Crippen LogP contribution in [0.25, 0.3) is 0 Å². The number of carbonyl (C=O) groups is 1. The quantitative estimate of drug-likeness (QED) is 0.890. The second-order valence-corrected chi connectivity index (χ2v) is 4.16. The molecule has 0 saturated carbocycles. The summed E-state index contributed by atoms with van der Waals surface area (Å²) in [6.45, 7) is 2.17. The maximum Gasteiger partial charge on any atom is 0.320 e. The Kier molecular flexibility index (Phi) is 4.07. The molecular weight excluding hydrogens is 245 g/mol.